The lowest BCUT2D eigenvalue weighted by molar-refractivity contribution is -0.130. The van der Waals surface area contributed by atoms with Crippen LogP contribution in [0.2, 0.25) is 0 Å². The number of aryl methyl sites for hydroxylation is 1. The SMILES string of the molecule is Cc1ccccc1C[C@@H]1COCCC1=O. The van der Waals surface area contributed by atoms with Crippen molar-refractivity contribution < 1.29 is 9.53 Å². The summed E-state index contributed by atoms with van der Waals surface area (Å²) >= 11 is 0. The van der Waals surface area contributed by atoms with E-state index in [0.29, 0.717) is 25.4 Å². The third kappa shape index (κ3) is 2.45. The minimum atomic E-state index is 0.0693. The Morgan fingerprint density at radius 3 is 2.93 bits per heavy atom. The van der Waals surface area contributed by atoms with Gasteiger partial charge in [0, 0.05) is 12.3 Å². The number of carbonyl (C=O) groups is 1. The number of hydrogen-bond donors (Lipinski definition) is 0. The first kappa shape index (κ1) is 10.4. The van der Waals surface area contributed by atoms with Crippen molar-refractivity contribution in [1.29, 1.82) is 0 Å². The lowest BCUT2D eigenvalue weighted by atomic mass is 9.91. The first-order chi connectivity index (χ1) is 7.27. The predicted octanol–water partition coefficient (Wildman–Crippen LogP) is 2.14. The van der Waals surface area contributed by atoms with Crippen LogP contribution in [0.25, 0.3) is 0 Å². The van der Waals surface area contributed by atoms with Gasteiger partial charge in [0.25, 0.3) is 0 Å². The van der Waals surface area contributed by atoms with Crippen molar-refractivity contribution in [3.8, 4) is 0 Å². The predicted molar refractivity (Wildman–Crippen MR) is 58.8 cm³/mol. The average molecular weight is 204 g/mol. The van der Waals surface area contributed by atoms with Gasteiger partial charge < -0.3 is 4.74 Å². The van der Waals surface area contributed by atoms with Gasteiger partial charge in [-0.1, -0.05) is 24.3 Å². The molecule has 0 amide bonds. The van der Waals surface area contributed by atoms with Crippen LogP contribution in [0.5, 0.6) is 0 Å². The van der Waals surface area contributed by atoms with Gasteiger partial charge in [0.05, 0.1) is 13.2 Å². The molecule has 0 aromatic heterocycles. The lowest BCUT2D eigenvalue weighted by Gasteiger charge is -2.21. The highest BCUT2D eigenvalue weighted by Gasteiger charge is 2.23. The Kier molecular flexibility index (Phi) is 3.17. The van der Waals surface area contributed by atoms with Gasteiger partial charge in [-0.25, -0.2) is 0 Å². The monoisotopic (exact) mass is 204 g/mol. The molecule has 2 heteroatoms. The molecule has 0 N–H and O–H groups in total. The zero-order valence-electron chi connectivity index (χ0n) is 9.03. The van der Waals surface area contributed by atoms with E-state index in [1.807, 2.05) is 12.1 Å². The lowest BCUT2D eigenvalue weighted by Crippen LogP contribution is -2.29. The summed E-state index contributed by atoms with van der Waals surface area (Å²) in [4.78, 5) is 11.6. The molecular weight excluding hydrogens is 188 g/mol. The molecule has 0 radical (unpaired) electrons. The zero-order valence-corrected chi connectivity index (χ0v) is 9.03. The van der Waals surface area contributed by atoms with Crippen LogP contribution >= 0.6 is 0 Å². The molecule has 1 aromatic rings. The van der Waals surface area contributed by atoms with Gasteiger partial charge in [-0.15, -0.1) is 0 Å². The fraction of sp³-hybridized carbons (Fsp3) is 0.462. The zero-order chi connectivity index (χ0) is 10.7. The van der Waals surface area contributed by atoms with Crippen molar-refractivity contribution in [2.45, 2.75) is 19.8 Å². The molecule has 1 fully saturated rings. The Labute approximate surface area is 90.3 Å². The number of Topliss-reactive ketones (excluding diaryl/α,β-unsaturated/α-hetero) is 1. The fourth-order valence-electron chi connectivity index (χ4n) is 1.97. The molecule has 2 rings (SSSR count). The third-order valence-electron chi connectivity index (χ3n) is 2.99. The number of benzene rings is 1. The first-order valence-corrected chi connectivity index (χ1v) is 5.42. The topological polar surface area (TPSA) is 26.3 Å². The van der Waals surface area contributed by atoms with Crippen molar-refractivity contribution in [2.24, 2.45) is 5.92 Å². The van der Waals surface area contributed by atoms with E-state index < -0.39 is 0 Å². The van der Waals surface area contributed by atoms with Gasteiger partial charge >= 0.3 is 0 Å². The Morgan fingerprint density at radius 2 is 2.20 bits per heavy atom. The van der Waals surface area contributed by atoms with Gasteiger partial charge in [-0.05, 0) is 24.5 Å². The van der Waals surface area contributed by atoms with Gasteiger partial charge in [0.2, 0.25) is 0 Å². The van der Waals surface area contributed by atoms with Crippen LogP contribution in [-0.2, 0) is 16.0 Å². The molecule has 1 aliphatic heterocycles. The van der Waals surface area contributed by atoms with Gasteiger partial charge in [0.1, 0.15) is 5.78 Å². The molecule has 2 nitrogen and oxygen atoms in total. The molecule has 1 heterocycles. The van der Waals surface area contributed by atoms with Gasteiger partial charge in [-0.2, -0.15) is 0 Å². The molecular formula is C13H16O2. The van der Waals surface area contributed by atoms with Crippen molar-refractivity contribution in [3.63, 3.8) is 0 Å². The Morgan fingerprint density at radius 1 is 1.40 bits per heavy atom. The van der Waals surface area contributed by atoms with Crippen LogP contribution in [0, 0.1) is 12.8 Å². The highest BCUT2D eigenvalue weighted by Crippen LogP contribution is 2.18. The van der Waals surface area contributed by atoms with E-state index in [9.17, 15) is 4.79 Å². The Balaban J connectivity index is 2.08. The van der Waals surface area contributed by atoms with Crippen molar-refractivity contribution in [1.82, 2.24) is 0 Å². The highest BCUT2D eigenvalue weighted by molar-refractivity contribution is 5.82. The number of hydrogen-bond acceptors (Lipinski definition) is 2. The molecule has 80 valence electrons. The van der Waals surface area contributed by atoms with Gasteiger partial charge in [-0.3, -0.25) is 4.79 Å². The van der Waals surface area contributed by atoms with Crippen LogP contribution in [0.15, 0.2) is 24.3 Å². The standard InChI is InChI=1S/C13H16O2/c1-10-4-2-3-5-11(10)8-12-9-15-7-6-13(12)14/h2-5,12H,6-9H2,1H3/t12-/m1/s1. The molecule has 0 aliphatic carbocycles. The summed E-state index contributed by atoms with van der Waals surface area (Å²) in [5.41, 5.74) is 2.53. The minimum Gasteiger partial charge on any atom is -0.380 e. The van der Waals surface area contributed by atoms with Crippen molar-refractivity contribution >= 4 is 5.78 Å². The van der Waals surface area contributed by atoms with Crippen LogP contribution in [0.3, 0.4) is 0 Å². The minimum absolute atomic E-state index is 0.0693. The summed E-state index contributed by atoms with van der Waals surface area (Å²) in [5.74, 6) is 0.421. The maximum Gasteiger partial charge on any atom is 0.140 e. The number of ketones is 1. The number of carbonyl (C=O) groups excluding carboxylic acids is 1. The van der Waals surface area contributed by atoms with Gasteiger partial charge in [0.15, 0.2) is 0 Å². The molecule has 1 aliphatic rings. The number of rotatable bonds is 2. The number of ether oxygens (including phenoxy) is 1. The first-order valence-electron chi connectivity index (χ1n) is 5.42. The Bertz CT molecular complexity index is 357. The highest BCUT2D eigenvalue weighted by atomic mass is 16.5. The van der Waals surface area contributed by atoms with Crippen molar-refractivity contribution in [2.75, 3.05) is 13.2 Å². The molecule has 1 saturated heterocycles. The smallest absolute Gasteiger partial charge is 0.140 e. The van der Waals surface area contributed by atoms with E-state index in [4.69, 9.17) is 4.74 Å². The third-order valence-corrected chi connectivity index (χ3v) is 2.99. The molecule has 0 unspecified atom stereocenters. The molecule has 0 saturated carbocycles. The largest absolute Gasteiger partial charge is 0.380 e. The van der Waals surface area contributed by atoms with E-state index >= 15 is 0 Å². The fourth-order valence-corrected chi connectivity index (χ4v) is 1.97. The average Bonchev–Trinajstić information content (AvgIpc) is 2.24. The van der Waals surface area contributed by atoms with Crippen LogP contribution < -0.4 is 0 Å². The van der Waals surface area contributed by atoms with E-state index in [1.165, 1.54) is 11.1 Å². The van der Waals surface area contributed by atoms with E-state index in [0.717, 1.165) is 6.42 Å². The summed E-state index contributed by atoms with van der Waals surface area (Å²) in [5, 5.41) is 0. The summed E-state index contributed by atoms with van der Waals surface area (Å²) in [6, 6.07) is 8.23. The summed E-state index contributed by atoms with van der Waals surface area (Å²) in [6.45, 7) is 3.28. The second kappa shape index (κ2) is 4.58. The molecule has 1 atom stereocenters. The molecule has 1 aromatic carbocycles. The van der Waals surface area contributed by atoms with Crippen LogP contribution in [0.4, 0.5) is 0 Å². The quantitative estimate of drug-likeness (QED) is 0.737. The summed E-state index contributed by atoms with van der Waals surface area (Å²) in [7, 11) is 0. The maximum absolute atomic E-state index is 11.6. The van der Waals surface area contributed by atoms with E-state index in [1.54, 1.807) is 0 Å². The normalized spacial score (nSPS) is 21.7. The van der Waals surface area contributed by atoms with Crippen molar-refractivity contribution in [3.05, 3.63) is 35.4 Å². The second-order valence-corrected chi connectivity index (χ2v) is 4.12. The molecule has 15 heavy (non-hydrogen) atoms. The van der Waals surface area contributed by atoms with E-state index in [-0.39, 0.29) is 5.92 Å². The second-order valence-electron chi connectivity index (χ2n) is 4.12. The summed E-state index contributed by atoms with van der Waals surface area (Å²) < 4.78 is 5.34. The summed E-state index contributed by atoms with van der Waals surface area (Å²) in [6.07, 6.45) is 1.40. The van der Waals surface area contributed by atoms with E-state index in [2.05, 4.69) is 19.1 Å². The van der Waals surface area contributed by atoms with Crippen LogP contribution in [0.1, 0.15) is 17.5 Å². The molecule has 0 bridgehead atoms. The Hall–Kier alpha value is -1.15. The van der Waals surface area contributed by atoms with Crippen LogP contribution in [-0.4, -0.2) is 19.0 Å². The maximum atomic E-state index is 11.6. The molecule has 0 spiro atoms.